The van der Waals surface area contributed by atoms with Crippen LogP contribution in [0, 0.1) is 0 Å². The van der Waals surface area contributed by atoms with Crippen molar-refractivity contribution in [1.82, 2.24) is 24.5 Å². The summed E-state index contributed by atoms with van der Waals surface area (Å²) in [5, 5.41) is 8.40. The molecule has 0 aliphatic rings. The molecule has 7 heteroatoms. The predicted molar refractivity (Wildman–Crippen MR) is 220 cm³/mol. The molecule has 55 heavy (non-hydrogen) atoms. The fraction of sp³-hybridized carbons (Fsp3) is 0. The summed E-state index contributed by atoms with van der Waals surface area (Å²) in [6, 6.07) is 52.1. The molecule has 0 aliphatic heterocycles. The maximum Gasteiger partial charge on any atom is 0.238 e. The van der Waals surface area contributed by atoms with Crippen LogP contribution in [-0.4, -0.2) is 24.5 Å². The van der Waals surface area contributed by atoms with E-state index in [1.54, 1.807) is 6.20 Å². The van der Waals surface area contributed by atoms with Crippen molar-refractivity contribution >= 4 is 76.5 Å². The van der Waals surface area contributed by atoms with Crippen LogP contribution in [0.5, 0.6) is 0 Å². The molecule has 0 unspecified atom stereocenters. The standard InChI is InChI=1S/C48H27N5O2/c1-2-12-29-28(11-1)30(33-16-9-21-42-44(33)35-15-5-8-20-40(35)54-42)23-24-34(29)46-50-47(36-17-10-22-43-45(36)37-27-49-26-25-41(37)55-43)52-48(51-46)53-38-18-6-3-13-31(38)32-14-4-7-19-39(32)53/h1-27H. The minimum Gasteiger partial charge on any atom is -0.456 e. The zero-order valence-corrected chi connectivity index (χ0v) is 29.1. The number of nitrogens with zero attached hydrogens (tertiary/aromatic N) is 5. The highest BCUT2D eigenvalue weighted by atomic mass is 16.3. The Labute approximate surface area is 312 Å². The van der Waals surface area contributed by atoms with Crippen LogP contribution in [-0.2, 0) is 0 Å². The Hall–Kier alpha value is -7.64. The van der Waals surface area contributed by atoms with Crippen LogP contribution in [0.15, 0.2) is 173 Å². The molecule has 0 fully saturated rings. The average molecular weight is 706 g/mol. The Morgan fingerprint density at radius 1 is 0.364 bits per heavy atom. The van der Waals surface area contributed by atoms with Gasteiger partial charge in [0, 0.05) is 55.8 Å². The quantitative estimate of drug-likeness (QED) is 0.181. The van der Waals surface area contributed by atoms with Crippen LogP contribution in [0.3, 0.4) is 0 Å². The van der Waals surface area contributed by atoms with Gasteiger partial charge >= 0.3 is 0 Å². The normalized spacial score (nSPS) is 12.0. The van der Waals surface area contributed by atoms with Crippen molar-refractivity contribution in [2.45, 2.75) is 0 Å². The fourth-order valence-electron chi connectivity index (χ4n) is 8.43. The van der Waals surface area contributed by atoms with E-state index in [1.807, 2.05) is 42.6 Å². The van der Waals surface area contributed by atoms with Gasteiger partial charge in [0.25, 0.3) is 0 Å². The van der Waals surface area contributed by atoms with Crippen LogP contribution >= 0.6 is 0 Å². The van der Waals surface area contributed by atoms with Crippen molar-refractivity contribution in [2.75, 3.05) is 0 Å². The highest BCUT2D eigenvalue weighted by Gasteiger charge is 2.22. The third-order valence-electron chi connectivity index (χ3n) is 10.8. The number of hydrogen-bond donors (Lipinski definition) is 0. The smallest absolute Gasteiger partial charge is 0.238 e. The summed E-state index contributed by atoms with van der Waals surface area (Å²) in [6.07, 6.45) is 3.59. The summed E-state index contributed by atoms with van der Waals surface area (Å²) in [5.41, 5.74) is 9.24. The lowest BCUT2D eigenvalue weighted by molar-refractivity contribution is 0.668. The number of rotatable bonds is 4. The van der Waals surface area contributed by atoms with Crippen molar-refractivity contribution in [1.29, 1.82) is 0 Å². The molecule has 5 heterocycles. The van der Waals surface area contributed by atoms with Crippen molar-refractivity contribution in [2.24, 2.45) is 0 Å². The lowest BCUT2D eigenvalue weighted by Gasteiger charge is -2.14. The molecule has 0 amide bonds. The number of hydrogen-bond acceptors (Lipinski definition) is 6. The second-order valence-electron chi connectivity index (χ2n) is 13.8. The van der Waals surface area contributed by atoms with Crippen molar-refractivity contribution in [3.63, 3.8) is 0 Å². The molecule has 5 aromatic heterocycles. The Morgan fingerprint density at radius 3 is 1.62 bits per heavy atom. The molecule has 256 valence electrons. The van der Waals surface area contributed by atoms with Crippen LogP contribution in [0.4, 0.5) is 0 Å². The second kappa shape index (κ2) is 11.4. The van der Waals surface area contributed by atoms with E-state index < -0.39 is 0 Å². The van der Waals surface area contributed by atoms with E-state index in [-0.39, 0.29) is 0 Å². The van der Waals surface area contributed by atoms with E-state index in [1.165, 1.54) is 0 Å². The van der Waals surface area contributed by atoms with Crippen LogP contribution < -0.4 is 0 Å². The number of benzene rings is 7. The molecule has 12 aromatic rings. The van der Waals surface area contributed by atoms with E-state index in [9.17, 15) is 0 Å². The summed E-state index contributed by atoms with van der Waals surface area (Å²) in [5.74, 6) is 1.64. The first kappa shape index (κ1) is 29.9. The van der Waals surface area contributed by atoms with Crippen molar-refractivity contribution in [3.05, 3.63) is 164 Å². The average Bonchev–Trinajstić information content (AvgIpc) is 3.93. The van der Waals surface area contributed by atoms with Crippen LogP contribution in [0.25, 0.3) is 116 Å². The van der Waals surface area contributed by atoms with Gasteiger partial charge in [-0.25, -0.2) is 4.98 Å². The molecular formula is C48H27N5O2. The van der Waals surface area contributed by atoms with E-state index >= 15 is 0 Å². The van der Waals surface area contributed by atoms with Gasteiger partial charge in [0.15, 0.2) is 11.6 Å². The summed E-state index contributed by atoms with van der Waals surface area (Å²) in [4.78, 5) is 20.3. The predicted octanol–water partition coefficient (Wildman–Crippen LogP) is 12.3. The Morgan fingerprint density at radius 2 is 0.891 bits per heavy atom. The van der Waals surface area contributed by atoms with Crippen LogP contribution in [0.1, 0.15) is 0 Å². The van der Waals surface area contributed by atoms with Gasteiger partial charge in [-0.2, -0.15) is 9.97 Å². The third kappa shape index (κ3) is 4.38. The molecule has 7 aromatic carbocycles. The minimum atomic E-state index is 0.531. The van der Waals surface area contributed by atoms with E-state index in [4.69, 9.17) is 23.8 Å². The lowest BCUT2D eigenvalue weighted by atomic mass is 9.92. The summed E-state index contributed by atoms with van der Waals surface area (Å²) < 4.78 is 14.7. The van der Waals surface area contributed by atoms with Gasteiger partial charge in [0.05, 0.1) is 11.0 Å². The van der Waals surface area contributed by atoms with Gasteiger partial charge in [-0.05, 0) is 64.4 Å². The molecule has 0 radical (unpaired) electrons. The first-order chi connectivity index (χ1) is 27.3. The summed E-state index contributed by atoms with van der Waals surface area (Å²) >= 11 is 0. The van der Waals surface area contributed by atoms with Crippen molar-refractivity contribution in [3.8, 4) is 39.9 Å². The van der Waals surface area contributed by atoms with Crippen LogP contribution in [0.2, 0.25) is 0 Å². The largest absolute Gasteiger partial charge is 0.456 e. The topological polar surface area (TPSA) is 82.8 Å². The number of fused-ring (bicyclic) bond motifs is 10. The van der Waals surface area contributed by atoms with Gasteiger partial charge in [-0.1, -0.05) is 109 Å². The number of para-hydroxylation sites is 3. The highest BCUT2D eigenvalue weighted by molar-refractivity contribution is 6.17. The fourth-order valence-corrected chi connectivity index (χ4v) is 8.43. The molecule has 0 saturated heterocycles. The molecule has 0 spiro atoms. The molecular weight excluding hydrogens is 679 g/mol. The van der Waals surface area contributed by atoms with Gasteiger partial charge in [0.1, 0.15) is 22.3 Å². The monoisotopic (exact) mass is 705 g/mol. The first-order valence-corrected chi connectivity index (χ1v) is 18.2. The van der Waals surface area contributed by atoms with Gasteiger partial charge in [-0.15, -0.1) is 0 Å². The number of pyridine rings is 1. The number of furan rings is 2. The maximum absolute atomic E-state index is 6.30. The van der Waals surface area contributed by atoms with Gasteiger partial charge in [-0.3, -0.25) is 9.55 Å². The lowest BCUT2D eigenvalue weighted by Crippen LogP contribution is -2.06. The second-order valence-corrected chi connectivity index (χ2v) is 13.8. The maximum atomic E-state index is 6.30. The van der Waals surface area contributed by atoms with Gasteiger partial charge in [0.2, 0.25) is 5.95 Å². The number of aromatic nitrogens is 5. The highest BCUT2D eigenvalue weighted by Crippen LogP contribution is 2.42. The molecule has 12 rings (SSSR count). The molecule has 7 nitrogen and oxygen atoms in total. The zero-order valence-electron chi connectivity index (χ0n) is 29.1. The molecule has 0 saturated carbocycles. The van der Waals surface area contributed by atoms with Crippen molar-refractivity contribution < 1.29 is 8.83 Å². The van der Waals surface area contributed by atoms with E-state index in [0.717, 1.165) is 98.7 Å². The Balaban J connectivity index is 1.16. The summed E-state index contributed by atoms with van der Waals surface area (Å²) in [7, 11) is 0. The molecule has 0 atom stereocenters. The molecule has 0 bridgehead atoms. The molecule has 0 aliphatic carbocycles. The SMILES string of the molecule is c1ccc2c(c1)oc1cccc(-c3ccc(-c4nc(-c5cccc6oc7ccncc7c56)nc(-n5c6ccccc6c6ccccc65)n4)c4ccccc34)c12. The van der Waals surface area contributed by atoms with E-state index in [0.29, 0.717) is 17.6 Å². The Kier molecular flexibility index (Phi) is 6.21. The first-order valence-electron chi connectivity index (χ1n) is 18.2. The third-order valence-corrected chi connectivity index (χ3v) is 10.8. The zero-order chi connectivity index (χ0) is 36.0. The van der Waals surface area contributed by atoms with Gasteiger partial charge < -0.3 is 8.83 Å². The minimum absolute atomic E-state index is 0.531. The molecule has 0 N–H and O–H groups in total. The summed E-state index contributed by atoms with van der Waals surface area (Å²) in [6.45, 7) is 0. The van der Waals surface area contributed by atoms with E-state index in [2.05, 4.69) is 125 Å². The Bertz CT molecular complexity index is 3470.